The average Bonchev–Trinajstić information content (AvgIpc) is 3.27. The summed E-state index contributed by atoms with van der Waals surface area (Å²) < 4.78 is 0. The van der Waals surface area contributed by atoms with Crippen LogP contribution in [0.5, 0.6) is 0 Å². The number of para-hydroxylation sites is 1. The number of aromatic nitrogens is 2. The van der Waals surface area contributed by atoms with Crippen LogP contribution in [-0.2, 0) is 22.6 Å². The molecule has 0 saturated heterocycles. The summed E-state index contributed by atoms with van der Waals surface area (Å²) in [5.74, 6) is -0.411. The number of amides is 2. The van der Waals surface area contributed by atoms with Gasteiger partial charge in [0.1, 0.15) is 0 Å². The van der Waals surface area contributed by atoms with Gasteiger partial charge in [-0.3, -0.25) is 30.7 Å². The quantitative estimate of drug-likeness (QED) is 0.182. The minimum atomic E-state index is -0.386. The molecule has 1 aliphatic heterocycles. The Kier molecular flexibility index (Phi) is 7.34. The van der Waals surface area contributed by atoms with Crippen molar-refractivity contribution in [3.63, 3.8) is 0 Å². The van der Waals surface area contributed by atoms with E-state index in [1.807, 2.05) is 42.5 Å². The number of unbranched alkanes of at least 4 members (excludes halogenated alkanes) is 2. The number of nitrogens with one attached hydrogen (secondary N) is 5. The number of nitrogens with zero attached hydrogens (tertiary/aromatic N) is 1. The zero-order chi connectivity index (χ0) is 24.9. The molecule has 1 aliphatic rings. The lowest BCUT2D eigenvalue weighted by Gasteiger charge is -2.23. The van der Waals surface area contributed by atoms with E-state index in [2.05, 4.69) is 37.5 Å². The number of carbonyl (C=O) groups is 2. The van der Waals surface area contributed by atoms with Crippen LogP contribution in [0.2, 0.25) is 5.02 Å². The van der Waals surface area contributed by atoms with Crippen molar-refractivity contribution in [2.75, 3.05) is 11.9 Å². The molecule has 4 aromatic rings. The summed E-state index contributed by atoms with van der Waals surface area (Å²) in [6.45, 7) is 1.39. The third-order valence-electron chi connectivity index (χ3n) is 6.58. The van der Waals surface area contributed by atoms with Gasteiger partial charge in [0.05, 0.1) is 11.6 Å². The number of aromatic amines is 1. The fraction of sp³-hybridized carbons (Fsp3) is 0.296. The Hall–Kier alpha value is -3.62. The van der Waals surface area contributed by atoms with Crippen LogP contribution in [0.3, 0.4) is 0 Å². The number of rotatable bonds is 8. The summed E-state index contributed by atoms with van der Waals surface area (Å²) in [5, 5.41) is 9.52. The van der Waals surface area contributed by atoms with Crippen molar-refractivity contribution in [3.8, 4) is 0 Å². The number of carbonyl (C=O) groups excluding carboxylic acids is 2. The van der Waals surface area contributed by atoms with Gasteiger partial charge in [-0.2, -0.15) is 0 Å². The summed E-state index contributed by atoms with van der Waals surface area (Å²) in [5.41, 5.74) is 10.4. The number of halogens is 1. The maximum Gasteiger partial charge on any atom is 0.255 e. The van der Waals surface area contributed by atoms with E-state index in [9.17, 15) is 9.59 Å². The average molecular weight is 505 g/mol. The molecule has 1 atom stereocenters. The third-order valence-corrected chi connectivity index (χ3v) is 6.81. The van der Waals surface area contributed by atoms with Gasteiger partial charge in [0.25, 0.3) is 5.91 Å². The van der Waals surface area contributed by atoms with E-state index in [1.54, 1.807) is 6.20 Å². The molecule has 2 aromatic carbocycles. The number of anilines is 1. The first kappa shape index (κ1) is 24.1. The van der Waals surface area contributed by atoms with Crippen molar-refractivity contribution < 1.29 is 9.59 Å². The SMILES string of the molecule is O=C(CCCCCNc1ccnc2cc(Cl)ccc12)NNC(=O)C1Cc2c([nH]c3ccccc23)CN1. The van der Waals surface area contributed by atoms with E-state index in [4.69, 9.17) is 11.6 Å². The number of hydrogen-bond donors (Lipinski definition) is 5. The minimum Gasteiger partial charge on any atom is -0.384 e. The second-order valence-corrected chi connectivity index (χ2v) is 9.50. The summed E-state index contributed by atoms with van der Waals surface area (Å²) in [6, 6.07) is 15.3. The highest BCUT2D eigenvalue weighted by Gasteiger charge is 2.27. The van der Waals surface area contributed by atoms with Crippen molar-refractivity contribution in [2.45, 2.75) is 44.7 Å². The van der Waals surface area contributed by atoms with Gasteiger partial charge in [0.15, 0.2) is 0 Å². The predicted molar refractivity (Wildman–Crippen MR) is 143 cm³/mol. The van der Waals surface area contributed by atoms with Crippen molar-refractivity contribution in [1.29, 1.82) is 0 Å². The molecule has 186 valence electrons. The first-order chi connectivity index (χ1) is 17.6. The second-order valence-electron chi connectivity index (χ2n) is 9.06. The molecule has 0 bridgehead atoms. The molecule has 0 fully saturated rings. The highest BCUT2D eigenvalue weighted by atomic mass is 35.5. The Morgan fingerprint density at radius 3 is 2.83 bits per heavy atom. The fourth-order valence-corrected chi connectivity index (χ4v) is 4.86. The summed E-state index contributed by atoms with van der Waals surface area (Å²) in [7, 11) is 0. The zero-order valence-corrected chi connectivity index (χ0v) is 20.6. The summed E-state index contributed by atoms with van der Waals surface area (Å²) >= 11 is 6.05. The van der Waals surface area contributed by atoms with Crippen LogP contribution in [0.4, 0.5) is 5.69 Å². The molecule has 0 saturated carbocycles. The number of fused-ring (bicyclic) bond motifs is 4. The molecular weight excluding hydrogens is 476 g/mol. The Bertz CT molecular complexity index is 1400. The van der Waals surface area contributed by atoms with Crippen LogP contribution in [-0.4, -0.2) is 34.4 Å². The van der Waals surface area contributed by atoms with E-state index >= 15 is 0 Å². The molecular formula is C27H29ClN6O2. The van der Waals surface area contributed by atoms with Crippen LogP contribution in [0.25, 0.3) is 21.8 Å². The van der Waals surface area contributed by atoms with E-state index in [0.717, 1.165) is 64.6 Å². The molecule has 8 nitrogen and oxygen atoms in total. The first-order valence-electron chi connectivity index (χ1n) is 12.3. The monoisotopic (exact) mass is 504 g/mol. The molecule has 5 N–H and O–H groups in total. The molecule has 0 spiro atoms. The predicted octanol–water partition coefficient (Wildman–Crippen LogP) is 4.20. The molecule has 2 amide bonds. The summed E-state index contributed by atoms with van der Waals surface area (Å²) in [6.07, 6.45) is 5.28. The van der Waals surface area contributed by atoms with Crippen molar-refractivity contribution in [1.82, 2.24) is 26.1 Å². The lowest BCUT2D eigenvalue weighted by Crippen LogP contribution is -2.52. The number of benzene rings is 2. The van der Waals surface area contributed by atoms with Gasteiger partial charge >= 0.3 is 0 Å². The molecule has 5 rings (SSSR count). The third kappa shape index (κ3) is 5.45. The van der Waals surface area contributed by atoms with Gasteiger partial charge in [-0.1, -0.05) is 36.2 Å². The van der Waals surface area contributed by atoms with Gasteiger partial charge in [-0.05, 0) is 55.2 Å². The largest absolute Gasteiger partial charge is 0.384 e. The van der Waals surface area contributed by atoms with Crippen LogP contribution in [0.1, 0.15) is 36.9 Å². The Balaban J connectivity index is 1.00. The Labute approximate surface area is 214 Å². The highest BCUT2D eigenvalue weighted by molar-refractivity contribution is 6.31. The van der Waals surface area contributed by atoms with Crippen molar-refractivity contribution in [2.24, 2.45) is 0 Å². The smallest absolute Gasteiger partial charge is 0.255 e. The van der Waals surface area contributed by atoms with E-state index in [0.29, 0.717) is 24.4 Å². The lowest BCUT2D eigenvalue weighted by atomic mass is 9.98. The van der Waals surface area contributed by atoms with E-state index in [1.165, 1.54) is 0 Å². The molecule has 3 heterocycles. The second kappa shape index (κ2) is 11.0. The van der Waals surface area contributed by atoms with E-state index in [-0.39, 0.29) is 17.9 Å². The fourth-order valence-electron chi connectivity index (χ4n) is 4.69. The minimum absolute atomic E-state index is 0.183. The Morgan fingerprint density at radius 1 is 1.03 bits per heavy atom. The number of pyridine rings is 1. The zero-order valence-electron chi connectivity index (χ0n) is 19.9. The van der Waals surface area contributed by atoms with Crippen LogP contribution >= 0.6 is 11.6 Å². The normalized spacial score (nSPS) is 15.0. The summed E-state index contributed by atoms with van der Waals surface area (Å²) in [4.78, 5) is 32.6. The van der Waals surface area contributed by atoms with Gasteiger partial charge in [-0.25, -0.2) is 0 Å². The number of H-pyrrole nitrogens is 1. The van der Waals surface area contributed by atoms with E-state index < -0.39 is 0 Å². The highest BCUT2D eigenvalue weighted by Crippen LogP contribution is 2.26. The molecule has 1 unspecified atom stereocenters. The molecule has 0 radical (unpaired) electrons. The first-order valence-corrected chi connectivity index (χ1v) is 12.6. The maximum absolute atomic E-state index is 12.6. The van der Waals surface area contributed by atoms with Gasteiger partial charge in [0.2, 0.25) is 5.91 Å². The standard InChI is InChI=1S/C27H29ClN6O2/c28-17-9-10-19-21(11-13-30-23(19)14-17)29-12-5-1-2-8-26(35)33-34-27(36)24-15-20-18-6-3-4-7-22(18)32-25(20)16-31-24/h3-4,6-7,9-11,13-14,24,31-32H,1-2,5,8,12,15-16H2,(H,29,30)(H,33,35)(H,34,36). The van der Waals surface area contributed by atoms with Crippen LogP contribution in [0.15, 0.2) is 54.7 Å². The van der Waals surface area contributed by atoms with Gasteiger partial charge in [0, 0.05) is 58.4 Å². The molecule has 9 heteroatoms. The van der Waals surface area contributed by atoms with Gasteiger partial charge < -0.3 is 10.3 Å². The Morgan fingerprint density at radius 2 is 1.92 bits per heavy atom. The van der Waals surface area contributed by atoms with Gasteiger partial charge in [-0.15, -0.1) is 0 Å². The van der Waals surface area contributed by atoms with Crippen LogP contribution in [0, 0.1) is 0 Å². The van der Waals surface area contributed by atoms with Crippen LogP contribution < -0.4 is 21.5 Å². The lowest BCUT2D eigenvalue weighted by molar-refractivity contribution is -0.130. The number of hydrogen-bond acceptors (Lipinski definition) is 5. The maximum atomic E-state index is 12.6. The molecule has 2 aromatic heterocycles. The molecule has 36 heavy (non-hydrogen) atoms. The molecule has 0 aliphatic carbocycles. The van der Waals surface area contributed by atoms with Crippen molar-refractivity contribution in [3.05, 3.63) is 71.0 Å². The number of hydrazine groups is 1. The topological polar surface area (TPSA) is 111 Å². The van der Waals surface area contributed by atoms with Crippen molar-refractivity contribution >= 4 is 50.9 Å².